The van der Waals surface area contributed by atoms with Gasteiger partial charge >= 0.3 is 0 Å². The molecule has 144 valence electrons. The molecular formula is C17H32IN5OS. The number of morpholine rings is 1. The Morgan fingerprint density at radius 3 is 2.52 bits per heavy atom. The molecule has 1 aliphatic rings. The van der Waals surface area contributed by atoms with Crippen LogP contribution < -0.4 is 10.6 Å². The van der Waals surface area contributed by atoms with Gasteiger partial charge in [-0.1, -0.05) is 0 Å². The first kappa shape index (κ1) is 22.6. The standard InChI is InChI=1S/C17H31N5OS.HI/c1-12-9-22(10-13(2)23-12)17(4,5)11-21-16(18-6)20-8-15-19-7-14(3)24-15;/h7,12-13H,8-11H2,1-6H3,(H2,18,20,21);1H. The molecule has 2 rings (SSSR count). The van der Waals surface area contributed by atoms with Crippen LogP contribution in [0.5, 0.6) is 0 Å². The minimum absolute atomic E-state index is 0. The highest BCUT2D eigenvalue weighted by molar-refractivity contribution is 14.0. The number of rotatable bonds is 5. The number of thiazole rings is 1. The Bertz CT molecular complexity index is 553. The number of aromatic nitrogens is 1. The highest BCUT2D eigenvalue weighted by Gasteiger charge is 2.33. The van der Waals surface area contributed by atoms with Crippen molar-refractivity contribution in [3.63, 3.8) is 0 Å². The lowest BCUT2D eigenvalue weighted by Gasteiger charge is -2.45. The molecular weight excluding hydrogens is 449 g/mol. The molecule has 1 saturated heterocycles. The summed E-state index contributed by atoms with van der Waals surface area (Å²) in [6.07, 6.45) is 2.46. The van der Waals surface area contributed by atoms with Gasteiger partial charge in [0.15, 0.2) is 5.96 Å². The maximum atomic E-state index is 5.84. The Hall–Kier alpha value is -0.450. The molecule has 0 radical (unpaired) electrons. The van der Waals surface area contributed by atoms with Crippen LogP contribution in [0.1, 0.15) is 37.6 Å². The molecule has 0 spiro atoms. The van der Waals surface area contributed by atoms with Gasteiger partial charge < -0.3 is 15.4 Å². The number of nitrogens with zero attached hydrogens (tertiary/aromatic N) is 3. The summed E-state index contributed by atoms with van der Waals surface area (Å²) >= 11 is 1.71. The second kappa shape index (κ2) is 10.0. The van der Waals surface area contributed by atoms with Crippen molar-refractivity contribution in [2.45, 2.75) is 58.9 Å². The van der Waals surface area contributed by atoms with E-state index in [-0.39, 0.29) is 41.7 Å². The fourth-order valence-corrected chi connectivity index (χ4v) is 3.67. The van der Waals surface area contributed by atoms with Gasteiger partial charge in [-0.3, -0.25) is 9.89 Å². The summed E-state index contributed by atoms with van der Waals surface area (Å²) in [7, 11) is 1.80. The molecule has 0 aliphatic carbocycles. The van der Waals surface area contributed by atoms with Gasteiger partial charge in [-0.25, -0.2) is 4.98 Å². The lowest BCUT2D eigenvalue weighted by Crippen LogP contribution is -2.59. The highest BCUT2D eigenvalue weighted by atomic mass is 127. The van der Waals surface area contributed by atoms with E-state index in [1.165, 1.54) is 4.88 Å². The van der Waals surface area contributed by atoms with Crippen LogP contribution in [-0.4, -0.2) is 60.3 Å². The molecule has 0 saturated carbocycles. The largest absolute Gasteiger partial charge is 0.373 e. The summed E-state index contributed by atoms with van der Waals surface area (Å²) in [5.41, 5.74) is 0.0295. The molecule has 2 atom stereocenters. The molecule has 2 N–H and O–H groups in total. The molecule has 1 aromatic heterocycles. The molecule has 8 heteroatoms. The van der Waals surface area contributed by atoms with Crippen LogP contribution in [0, 0.1) is 6.92 Å². The minimum atomic E-state index is 0. The van der Waals surface area contributed by atoms with Crippen molar-refractivity contribution in [2.24, 2.45) is 4.99 Å². The van der Waals surface area contributed by atoms with Crippen LogP contribution >= 0.6 is 35.3 Å². The number of hydrogen-bond donors (Lipinski definition) is 2. The molecule has 0 amide bonds. The van der Waals surface area contributed by atoms with Crippen molar-refractivity contribution in [3.05, 3.63) is 16.1 Å². The Kier molecular flexibility index (Phi) is 9.07. The average molecular weight is 481 g/mol. The number of aryl methyl sites for hydroxylation is 1. The fraction of sp³-hybridized carbons (Fsp3) is 0.765. The number of guanidine groups is 1. The van der Waals surface area contributed by atoms with E-state index in [1.54, 1.807) is 18.4 Å². The van der Waals surface area contributed by atoms with Crippen molar-refractivity contribution in [2.75, 3.05) is 26.7 Å². The van der Waals surface area contributed by atoms with Crippen molar-refractivity contribution in [1.82, 2.24) is 20.5 Å². The number of aliphatic imine (C=N–C) groups is 1. The maximum absolute atomic E-state index is 5.84. The second-order valence-electron chi connectivity index (χ2n) is 7.12. The van der Waals surface area contributed by atoms with E-state index >= 15 is 0 Å². The summed E-state index contributed by atoms with van der Waals surface area (Å²) in [5.74, 6) is 0.810. The molecule has 1 aromatic rings. The lowest BCUT2D eigenvalue weighted by molar-refractivity contribution is -0.0946. The van der Waals surface area contributed by atoms with E-state index in [2.05, 4.69) is 60.1 Å². The Morgan fingerprint density at radius 2 is 2.00 bits per heavy atom. The molecule has 6 nitrogen and oxygen atoms in total. The van der Waals surface area contributed by atoms with Gasteiger partial charge in [-0.05, 0) is 34.6 Å². The zero-order valence-electron chi connectivity index (χ0n) is 16.1. The van der Waals surface area contributed by atoms with Crippen LogP contribution in [0.2, 0.25) is 0 Å². The Balaban J connectivity index is 0.00000312. The topological polar surface area (TPSA) is 61.8 Å². The SMILES string of the molecule is CN=C(NCc1ncc(C)s1)NCC(C)(C)N1CC(C)OC(C)C1.I. The van der Waals surface area contributed by atoms with E-state index < -0.39 is 0 Å². The van der Waals surface area contributed by atoms with E-state index in [4.69, 9.17) is 4.74 Å². The minimum Gasteiger partial charge on any atom is -0.373 e. The van der Waals surface area contributed by atoms with Gasteiger partial charge in [-0.2, -0.15) is 0 Å². The van der Waals surface area contributed by atoms with E-state index in [1.807, 2.05) is 6.20 Å². The van der Waals surface area contributed by atoms with Crippen LogP contribution in [0.3, 0.4) is 0 Å². The Labute approximate surface area is 172 Å². The molecule has 1 aliphatic heterocycles. The smallest absolute Gasteiger partial charge is 0.191 e. The lowest BCUT2D eigenvalue weighted by atomic mass is 10.00. The van der Waals surface area contributed by atoms with E-state index in [0.29, 0.717) is 6.54 Å². The highest BCUT2D eigenvalue weighted by Crippen LogP contribution is 2.20. The summed E-state index contributed by atoms with van der Waals surface area (Å²) in [6.45, 7) is 14.3. The third kappa shape index (κ3) is 6.99. The monoisotopic (exact) mass is 481 g/mol. The summed E-state index contributed by atoms with van der Waals surface area (Å²) < 4.78 is 5.84. The van der Waals surface area contributed by atoms with Gasteiger partial charge in [0, 0.05) is 43.3 Å². The van der Waals surface area contributed by atoms with Crippen LogP contribution in [0.25, 0.3) is 0 Å². The first-order chi connectivity index (χ1) is 11.3. The Morgan fingerprint density at radius 1 is 1.36 bits per heavy atom. The van der Waals surface area contributed by atoms with Crippen molar-refractivity contribution < 1.29 is 4.74 Å². The predicted octanol–water partition coefficient (Wildman–Crippen LogP) is 2.62. The zero-order chi connectivity index (χ0) is 17.7. The summed E-state index contributed by atoms with van der Waals surface area (Å²) in [6, 6.07) is 0. The zero-order valence-corrected chi connectivity index (χ0v) is 19.3. The van der Waals surface area contributed by atoms with E-state index in [9.17, 15) is 0 Å². The molecule has 0 aromatic carbocycles. The van der Waals surface area contributed by atoms with Gasteiger partial charge in [-0.15, -0.1) is 35.3 Å². The summed E-state index contributed by atoms with van der Waals surface area (Å²) in [4.78, 5) is 12.4. The normalized spacial score (nSPS) is 22.4. The summed E-state index contributed by atoms with van der Waals surface area (Å²) in [5, 5.41) is 7.86. The van der Waals surface area contributed by atoms with Gasteiger partial charge in [0.25, 0.3) is 0 Å². The third-order valence-electron chi connectivity index (χ3n) is 4.26. The fourth-order valence-electron chi connectivity index (χ4n) is 2.95. The van der Waals surface area contributed by atoms with Gasteiger partial charge in [0.05, 0.1) is 18.8 Å². The number of halogens is 1. The molecule has 2 heterocycles. The van der Waals surface area contributed by atoms with Crippen LogP contribution in [0.15, 0.2) is 11.2 Å². The van der Waals surface area contributed by atoms with Crippen molar-refractivity contribution in [1.29, 1.82) is 0 Å². The van der Waals surface area contributed by atoms with Crippen molar-refractivity contribution in [3.8, 4) is 0 Å². The predicted molar refractivity (Wildman–Crippen MR) is 116 cm³/mol. The van der Waals surface area contributed by atoms with Gasteiger partial charge in [0.2, 0.25) is 0 Å². The third-order valence-corrected chi connectivity index (χ3v) is 5.18. The second-order valence-corrected chi connectivity index (χ2v) is 8.44. The average Bonchev–Trinajstić information content (AvgIpc) is 2.92. The van der Waals surface area contributed by atoms with Crippen LogP contribution in [0.4, 0.5) is 0 Å². The maximum Gasteiger partial charge on any atom is 0.191 e. The first-order valence-corrected chi connectivity index (χ1v) is 9.38. The first-order valence-electron chi connectivity index (χ1n) is 8.56. The molecule has 1 fully saturated rings. The number of ether oxygens (including phenoxy) is 1. The van der Waals surface area contributed by atoms with E-state index in [0.717, 1.165) is 30.6 Å². The quantitative estimate of drug-likeness (QED) is 0.385. The number of nitrogens with one attached hydrogen (secondary N) is 2. The number of hydrogen-bond acceptors (Lipinski definition) is 5. The van der Waals surface area contributed by atoms with Crippen molar-refractivity contribution >= 4 is 41.3 Å². The van der Waals surface area contributed by atoms with Crippen LogP contribution in [-0.2, 0) is 11.3 Å². The molecule has 2 unspecified atom stereocenters. The molecule has 25 heavy (non-hydrogen) atoms. The van der Waals surface area contributed by atoms with Gasteiger partial charge in [0.1, 0.15) is 5.01 Å². The molecule has 0 bridgehead atoms.